The van der Waals surface area contributed by atoms with Crippen LogP contribution in [-0.4, -0.2) is 53.0 Å². The van der Waals surface area contributed by atoms with Crippen molar-refractivity contribution in [1.29, 1.82) is 0 Å². The number of carbonyl (C=O) groups excluding carboxylic acids is 1. The molecule has 29 heavy (non-hydrogen) atoms. The number of hydrogen-bond donors (Lipinski definition) is 2. The highest BCUT2D eigenvalue weighted by atomic mass is 16.5. The predicted molar refractivity (Wildman–Crippen MR) is 109 cm³/mol. The van der Waals surface area contributed by atoms with E-state index in [0.29, 0.717) is 41.8 Å². The summed E-state index contributed by atoms with van der Waals surface area (Å²) in [6, 6.07) is 8.84. The SMILES string of the molecule is COc1cc(OC)cc(C(=O)NCCNc2cc(-n3nc(C)cc3C)ncn2)c1. The first-order chi connectivity index (χ1) is 14.0. The normalized spacial score (nSPS) is 10.5. The summed E-state index contributed by atoms with van der Waals surface area (Å²) in [7, 11) is 3.09. The van der Waals surface area contributed by atoms with Gasteiger partial charge < -0.3 is 20.1 Å². The minimum atomic E-state index is -0.213. The van der Waals surface area contributed by atoms with Gasteiger partial charge in [-0.05, 0) is 32.0 Å². The summed E-state index contributed by atoms with van der Waals surface area (Å²) in [4.78, 5) is 20.9. The van der Waals surface area contributed by atoms with Gasteiger partial charge >= 0.3 is 0 Å². The Morgan fingerprint density at radius 1 is 1.00 bits per heavy atom. The van der Waals surface area contributed by atoms with E-state index < -0.39 is 0 Å². The van der Waals surface area contributed by atoms with Crippen LogP contribution in [0.15, 0.2) is 36.7 Å². The van der Waals surface area contributed by atoms with Gasteiger partial charge in [-0.3, -0.25) is 4.79 Å². The molecule has 0 saturated heterocycles. The molecule has 2 aromatic heterocycles. The summed E-state index contributed by atoms with van der Waals surface area (Å²) in [6.45, 7) is 4.82. The zero-order valence-electron chi connectivity index (χ0n) is 16.9. The van der Waals surface area contributed by atoms with Crippen molar-refractivity contribution in [3.63, 3.8) is 0 Å². The van der Waals surface area contributed by atoms with Gasteiger partial charge in [0.25, 0.3) is 5.91 Å². The van der Waals surface area contributed by atoms with E-state index in [0.717, 1.165) is 11.4 Å². The van der Waals surface area contributed by atoms with Crippen LogP contribution in [0.3, 0.4) is 0 Å². The van der Waals surface area contributed by atoms with Crippen LogP contribution in [0.2, 0.25) is 0 Å². The van der Waals surface area contributed by atoms with E-state index >= 15 is 0 Å². The second-order valence-corrected chi connectivity index (χ2v) is 6.38. The van der Waals surface area contributed by atoms with E-state index in [-0.39, 0.29) is 5.91 Å². The minimum Gasteiger partial charge on any atom is -0.497 e. The number of anilines is 1. The van der Waals surface area contributed by atoms with E-state index in [2.05, 4.69) is 25.7 Å². The average molecular weight is 396 g/mol. The maximum Gasteiger partial charge on any atom is 0.251 e. The quantitative estimate of drug-likeness (QED) is 0.562. The van der Waals surface area contributed by atoms with Crippen LogP contribution in [0, 0.1) is 13.8 Å². The number of aryl methyl sites for hydroxylation is 2. The van der Waals surface area contributed by atoms with Gasteiger partial charge in [-0.1, -0.05) is 0 Å². The van der Waals surface area contributed by atoms with Crippen LogP contribution in [0.4, 0.5) is 5.82 Å². The van der Waals surface area contributed by atoms with E-state index in [1.54, 1.807) is 37.1 Å². The molecule has 0 bridgehead atoms. The largest absolute Gasteiger partial charge is 0.497 e. The number of rotatable bonds is 8. The Morgan fingerprint density at radius 2 is 1.72 bits per heavy atom. The molecule has 1 amide bonds. The van der Waals surface area contributed by atoms with E-state index in [1.165, 1.54) is 6.33 Å². The van der Waals surface area contributed by atoms with E-state index in [4.69, 9.17) is 9.47 Å². The molecule has 9 nitrogen and oxygen atoms in total. The summed E-state index contributed by atoms with van der Waals surface area (Å²) in [5.74, 6) is 2.24. The van der Waals surface area contributed by atoms with Crippen molar-refractivity contribution in [1.82, 2.24) is 25.1 Å². The number of nitrogens with zero attached hydrogens (tertiary/aromatic N) is 4. The maximum atomic E-state index is 12.4. The highest BCUT2D eigenvalue weighted by Gasteiger charge is 2.10. The lowest BCUT2D eigenvalue weighted by Gasteiger charge is -2.10. The molecule has 0 atom stereocenters. The molecule has 0 fully saturated rings. The number of aromatic nitrogens is 4. The third-order valence-electron chi connectivity index (χ3n) is 4.21. The maximum absolute atomic E-state index is 12.4. The van der Waals surface area contributed by atoms with Crippen molar-refractivity contribution in [3.8, 4) is 17.3 Å². The number of carbonyl (C=O) groups is 1. The lowest BCUT2D eigenvalue weighted by atomic mass is 10.2. The Hall–Kier alpha value is -3.62. The Kier molecular flexibility index (Phi) is 6.28. The smallest absolute Gasteiger partial charge is 0.251 e. The number of ether oxygens (including phenoxy) is 2. The van der Waals surface area contributed by atoms with Crippen LogP contribution in [0.25, 0.3) is 5.82 Å². The van der Waals surface area contributed by atoms with E-state index in [9.17, 15) is 4.79 Å². The minimum absolute atomic E-state index is 0.213. The Morgan fingerprint density at radius 3 is 2.34 bits per heavy atom. The summed E-state index contributed by atoms with van der Waals surface area (Å²) >= 11 is 0. The Bertz CT molecular complexity index is 979. The van der Waals surface area contributed by atoms with Gasteiger partial charge in [0.1, 0.15) is 23.6 Å². The zero-order valence-corrected chi connectivity index (χ0v) is 16.9. The fraction of sp³-hybridized carbons (Fsp3) is 0.300. The fourth-order valence-electron chi connectivity index (χ4n) is 2.83. The van der Waals surface area contributed by atoms with Crippen molar-refractivity contribution in [2.45, 2.75) is 13.8 Å². The topological polar surface area (TPSA) is 103 Å². The molecule has 0 radical (unpaired) electrons. The van der Waals surface area contributed by atoms with Gasteiger partial charge in [0, 0.05) is 36.5 Å². The highest BCUT2D eigenvalue weighted by molar-refractivity contribution is 5.95. The average Bonchev–Trinajstić information content (AvgIpc) is 3.08. The number of amides is 1. The van der Waals surface area contributed by atoms with Crippen LogP contribution in [-0.2, 0) is 0 Å². The molecule has 0 unspecified atom stereocenters. The third kappa shape index (κ3) is 5.01. The van der Waals surface area contributed by atoms with Gasteiger partial charge in [0.15, 0.2) is 5.82 Å². The first kappa shape index (κ1) is 20.1. The van der Waals surface area contributed by atoms with Gasteiger partial charge in [-0.2, -0.15) is 5.10 Å². The second-order valence-electron chi connectivity index (χ2n) is 6.38. The molecule has 0 spiro atoms. The van der Waals surface area contributed by atoms with Crippen LogP contribution in [0.1, 0.15) is 21.7 Å². The first-order valence-electron chi connectivity index (χ1n) is 9.11. The number of hydrogen-bond acceptors (Lipinski definition) is 7. The van der Waals surface area contributed by atoms with Crippen LogP contribution >= 0.6 is 0 Å². The van der Waals surface area contributed by atoms with Gasteiger partial charge in [-0.15, -0.1) is 0 Å². The summed E-state index contributed by atoms with van der Waals surface area (Å²) in [5.41, 5.74) is 2.38. The van der Waals surface area contributed by atoms with Crippen molar-refractivity contribution in [2.75, 3.05) is 32.6 Å². The molecule has 1 aromatic carbocycles. The standard InChI is InChI=1S/C20H24N6O3/c1-13-7-14(2)26(25-13)19-11-18(23-12-24-19)21-5-6-22-20(27)15-8-16(28-3)10-17(9-15)29-4/h7-12H,5-6H2,1-4H3,(H,22,27)(H,21,23,24). The molecular formula is C20H24N6O3. The van der Waals surface area contributed by atoms with Crippen molar-refractivity contribution >= 4 is 11.7 Å². The molecule has 3 rings (SSSR count). The fourth-order valence-corrected chi connectivity index (χ4v) is 2.83. The molecule has 0 aliphatic carbocycles. The zero-order chi connectivity index (χ0) is 20.8. The Balaban J connectivity index is 1.56. The molecule has 0 saturated carbocycles. The van der Waals surface area contributed by atoms with E-state index in [1.807, 2.05) is 26.0 Å². The molecule has 0 aliphatic rings. The highest BCUT2D eigenvalue weighted by Crippen LogP contribution is 2.22. The molecule has 3 aromatic rings. The Labute approximate surface area is 169 Å². The van der Waals surface area contributed by atoms with Crippen LogP contribution in [0.5, 0.6) is 11.5 Å². The number of benzene rings is 1. The molecular weight excluding hydrogens is 372 g/mol. The number of nitrogens with one attached hydrogen (secondary N) is 2. The second kappa shape index (κ2) is 9.05. The van der Waals surface area contributed by atoms with Crippen molar-refractivity contribution in [3.05, 3.63) is 53.6 Å². The monoisotopic (exact) mass is 396 g/mol. The predicted octanol–water partition coefficient (Wildman–Crippen LogP) is 2.14. The molecule has 0 aliphatic heterocycles. The lowest BCUT2D eigenvalue weighted by molar-refractivity contribution is 0.0954. The summed E-state index contributed by atoms with van der Waals surface area (Å²) in [5, 5.41) is 10.5. The van der Waals surface area contributed by atoms with Crippen molar-refractivity contribution in [2.24, 2.45) is 0 Å². The van der Waals surface area contributed by atoms with Crippen molar-refractivity contribution < 1.29 is 14.3 Å². The molecule has 2 heterocycles. The lowest BCUT2D eigenvalue weighted by Crippen LogP contribution is -2.29. The molecule has 152 valence electrons. The first-order valence-corrected chi connectivity index (χ1v) is 9.11. The third-order valence-corrected chi connectivity index (χ3v) is 4.21. The summed E-state index contributed by atoms with van der Waals surface area (Å²) < 4.78 is 12.2. The number of methoxy groups -OCH3 is 2. The molecule has 9 heteroatoms. The van der Waals surface area contributed by atoms with Gasteiger partial charge in [0.05, 0.1) is 19.9 Å². The molecule has 2 N–H and O–H groups in total. The van der Waals surface area contributed by atoms with Crippen LogP contribution < -0.4 is 20.1 Å². The summed E-state index contributed by atoms with van der Waals surface area (Å²) in [6.07, 6.45) is 1.48. The van der Waals surface area contributed by atoms with Gasteiger partial charge in [-0.25, -0.2) is 14.6 Å². The van der Waals surface area contributed by atoms with Gasteiger partial charge in [0.2, 0.25) is 0 Å².